The summed E-state index contributed by atoms with van der Waals surface area (Å²) >= 11 is 5.68. The molecule has 150 valence electrons. The fourth-order valence-electron chi connectivity index (χ4n) is 2.55. The molecule has 28 heavy (non-hydrogen) atoms. The molecule has 0 spiro atoms. The van der Waals surface area contributed by atoms with E-state index in [0.717, 1.165) is 6.08 Å². The van der Waals surface area contributed by atoms with E-state index in [9.17, 15) is 18.8 Å². The number of esters is 2. The minimum atomic E-state index is -0.711. The van der Waals surface area contributed by atoms with Crippen molar-refractivity contribution in [3.05, 3.63) is 51.9 Å². The molecule has 0 unspecified atom stereocenters. The predicted molar refractivity (Wildman–Crippen MR) is 101 cm³/mol. The zero-order valence-electron chi connectivity index (χ0n) is 15.4. The zero-order chi connectivity index (χ0) is 20.7. The Bertz CT molecular complexity index is 838. The molecule has 1 atom stereocenters. The fourth-order valence-corrected chi connectivity index (χ4v) is 2.74. The third-order valence-electron chi connectivity index (χ3n) is 3.86. The molecular formula is C19H20ClFN2O5. The number of carbonyl (C=O) groups excluding carboxylic acids is 3. The summed E-state index contributed by atoms with van der Waals surface area (Å²) < 4.78 is 23.3. The molecule has 0 bridgehead atoms. The number of carbonyl (C=O) groups is 3. The van der Waals surface area contributed by atoms with E-state index in [0.29, 0.717) is 12.0 Å². The maximum atomic E-state index is 13.1. The standard InChI is InChI=1S/C19H20ClFN2O5/c1-3-14-17(18(25)27-4-2)15(23-19(26)22-14)10-28-16(24)8-6-11-5-7-13(21)12(20)9-11/h5-9,14H,3-4,10H2,1-2H3,(H2,22,23,26)/b8-6+/t14-/m0/s1. The minimum Gasteiger partial charge on any atom is -0.463 e. The molecule has 1 heterocycles. The molecule has 2 N–H and O–H groups in total. The molecule has 7 nitrogen and oxygen atoms in total. The molecule has 0 fully saturated rings. The average Bonchev–Trinajstić information content (AvgIpc) is 2.66. The highest BCUT2D eigenvalue weighted by Crippen LogP contribution is 2.18. The largest absolute Gasteiger partial charge is 0.463 e. The number of halogens is 2. The third kappa shape index (κ3) is 5.56. The SMILES string of the molecule is CCOC(=O)C1=C(COC(=O)/C=C/c2ccc(F)c(Cl)c2)NC(=O)N[C@H]1CC. The van der Waals surface area contributed by atoms with E-state index in [1.165, 1.54) is 24.3 Å². The van der Waals surface area contributed by atoms with Crippen LogP contribution in [0.25, 0.3) is 6.08 Å². The molecule has 1 aromatic rings. The molecule has 0 saturated carbocycles. The molecule has 0 radical (unpaired) electrons. The van der Waals surface area contributed by atoms with Crippen molar-refractivity contribution < 1.29 is 28.2 Å². The van der Waals surface area contributed by atoms with Crippen molar-refractivity contribution >= 4 is 35.6 Å². The highest BCUT2D eigenvalue weighted by molar-refractivity contribution is 6.30. The summed E-state index contributed by atoms with van der Waals surface area (Å²) in [5, 5.41) is 5.04. The molecule has 0 saturated heterocycles. The monoisotopic (exact) mass is 410 g/mol. The van der Waals surface area contributed by atoms with Crippen LogP contribution in [0.5, 0.6) is 0 Å². The molecule has 0 aromatic heterocycles. The Balaban J connectivity index is 2.10. The van der Waals surface area contributed by atoms with Gasteiger partial charge in [-0.05, 0) is 37.1 Å². The van der Waals surface area contributed by atoms with Crippen molar-refractivity contribution in [1.82, 2.24) is 10.6 Å². The Morgan fingerprint density at radius 3 is 2.68 bits per heavy atom. The number of nitrogens with one attached hydrogen (secondary N) is 2. The van der Waals surface area contributed by atoms with Gasteiger partial charge in [0.05, 0.1) is 28.9 Å². The van der Waals surface area contributed by atoms with Gasteiger partial charge in [0.1, 0.15) is 12.4 Å². The molecule has 1 aromatic carbocycles. The summed E-state index contributed by atoms with van der Waals surface area (Å²) in [6.45, 7) is 3.32. The number of ether oxygens (including phenoxy) is 2. The van der Waals surface area contributed by atoms with Crippen LogP contribution < -0.4 is 10.6 Å². The first-order valence-electron chi connectivity index (χ1n) is 8.63. The second kappa shape index (κ2) is 9.89. The Morgan fingerprint density at radius 1 is 1.29 bits per heavy atom. The van der Waals surface area contributed by atoms with Crippen molar-refractivity contribution in [3.63, 3.8) is 0 Å². The summed E-state index contributed by atoms with van der Waals surface area (Å²) in [5.74, 6) is -1.87. The first kappa shape index (κ1) is 21.4. The van der Waals surface area contributed by atoms with Crippen molar-refractivity contribution in [1.29, 1.82) is 0 Å². The van der Waals surface area contributed by atoms with E-state index >= 15 is 0 Å². The average molecular weight is 411 g/mol. The Labute approximate surface area is 166 Å². The Kier molecular flexibility index (Phi) is 7.57. The first-order valence-corrected chi connectivity index (χ1v) is 9.01. The Morgan fingerprint density at radius 2 is 2.04 bits per heavy atom. The number of urea groups is 1. The summed E-state index contributed by atoms with van der Waals surface area (Å²) in [4.78, 5) is 36.0. The normalized spacial score (nSPS) is 16.6. The fraction of sp³-hybridized carbons (Fsp3) is 0.316. The van der Waals surface area contributed by atoms with Crippen LogP contribution in [0, 0.1) is 5.82 Å². The molecular weight excluding hydrogens is 391 g/mol. The van der Waals surface area contributed by atoms with Gasteiger partial charge in [-0.3, -0.25) is 0 Å². The predicted octanol–water partition coefficient (Wildman–Crippen LogP) is 2.94. The summed E-state index contributed by atoms with van der Waals surface area (Å²) in [5.41, 5.74) is 0.891. The first-order chi connectivity index (χ1) is 13.3. The van der Waals surface area contributed by atoms with E-state index < -0.39 is 29.8 Å². The highest BCUT2D eigenvalue weighted by Gasteiger charge is 2.31. The number of amides is 2. The highest BCUT2D eigenvalue weighted by atomic mass is 35.5. The van der Waals surface area contributed by atoms with E-state index in [-0.39, 0.29) is 29.5 Å². The lowest BCUT2D eigenvalue weighted by molar-refractivity contribution is -0.140. The van der Waals surface area contributed by atoms with Crippen LogP contribution in [-0.2, 0) is 19.1 Å². The minimum absolute atomic E-state index is 0.0669. The smallest absolute Gasteiger partial charge is 0.338 e. The van der Waals surface area contributed by atoms with E-state index in [4.69, 9.17) is 21.1 Å². The lowest BCUT2D eigenvalue weighted by Gasteiger charge is -2.28. The van der Waals surface area contributed by atoms with Gasteiger partial charge >= 0.3 is 18.0 Å². The van der Waals surface area contributed by atoms with E-state index in [1.807, 2.05) is 0 Å². The number of rotatable bonds is 7. The van der Waals surface area contributed by atoms with Crippen LogP contribution >= 0.6 is 11.6 Å². The number of benzene rings is 1. The molecule has 0 aliphatic carbocycles. The molecule has 2 amide bonds. The van der Waals surface area contributed by atoms with Crippen molar-refractivity contribution in [2.24, 2.45) is 0 Å². The van der Waals surface area contributed by atoms with Crippen LogP contribution in [0.3, 0.4) is 0 Å². The van der Waals surface area contributed by atoms with Gasteiger partial charge in [0.25, 0.3) is 0 Å². The summed E-state index contributed by atoms with van der Waals surface area (Å²) in [6.07, 6.45) is 3.00. The molecule has 1 aliphatic heterocycles. The molecule has 2 rings (SSSR count). The van der Waals surface area contributed by atoms with Gasteiger partial charge in [-0.15, -0.1) is 0 Å². The van der Waals surface area contributed by atoms with Crippen LogP contribution in [0.4, 0.5) is 9.18 Å². The lowest BCUT2D eigenvalue weighted by atomic mass is 10.0. The quantitative estimate of drug-likeness (QED) is 0.532. The van der Waals surface area contributed by atoms with Crippen LogP contribution in [-0.4, -0.2) is 37.2 Å². The van der Waals surface area contributed by atoms with E-state index in [2.05, 4.69) is 10.6 Å². The zero-order valence-corrected chi connectivity index (χ0v) is 16.1. The number of hydrogen-bond acceptors (Lipinski definition) is 5. The van der Waals surface area contributed by atoms with Gasteiger partial charge in [0, 0.05) is 6.08 Å². The van der Waals surface area contributed by atoms with Crippen LogP contribution in [0.1, 0.15) is 25.8 Å². The van der Waals surface area contributed by atoms with Crippen LogP contribution in [0.15, 0.2) is 35.5 Å². The second-order valence-corrected chi connectivity index (χ2v) is 6.19. The third-order valence-corrected chi connectivity index (χ3v) is 4.15. The Hall–Kier alpha value is -2.87. The van der Waals surface area contributed by atoms with Gasteiger partial charge in [0.15, 0.2) is 0 Å². The topological polar surface area (TPSA) is 93.7 Å². The van der Waals surface area contributed by atoms with Gasteiger partial charge in [-0.1, -0.05) is 24.6 Å². The van der Waals surface area contributed by atoms with Gasteiger partial charge < -0.3 is 20.1 Å². The van der Waals surface area contributed by atoms with Gasteiger partial charge in [-0.25, -0.2) is 18.8 Å². The van der Waals surface area contributed by atoms with E-state index in [1.54, 1.807) is 13.8 Å². The van der Waals surface area contributed by atoms with Gasteiger partial charge in [0.2, 0.25) is 0 Å². The van der Waals surface area contributed by atoms with Crippen molar-refractivity contribution in [2.75, 3.05) is 13.2 Å². The molecule has 1 aliphatic rings. The van der Waals surface area contributed by atoms with Crippen molar-refractivity contribution in [3.8, 4) is 0 Å². The summed E-state index contributed by atoms with van der Waals surface area (Å²) in [6, 6.07) is 2.95. The van der Waals surface area contributed by atoms with Crippen molar-refractivity contribution in [2.45, 2.75) is 26.3 Å². The van der Waals surface area contributed by atoms with Gasteiger partial charge in [-0.2, -0.15) is 0 Å². The second-order valence-electron chi connectivity index (χ2n) is 5.79. The summed E-state index contributed by atoms with van der Waals surface area (Å²) in [7, 11) is 0. The maximum Gasteiger partial charge on any atom is 0.338 e. The van der Waals surface area contributed by atoms with Crippen LogP contribution in [0.2, 0.25) is 5.02 Å². The maximum absolute atomic E-state index is 13.1. The number of hydrogen-bond donors (Lipinski definition) is 2. The molecule has 9 heteroatoms. The lowest BCUT2D eigenvalue weighted by Crippen LogP contribution is -2.51.